The zero-order valence-electron chi connectivity index (χ0n) is 7.58. The molecule has 0 aliphatic heterocycles. The highest BCUT2D eigenvalue weighted by atomic mass is 35.5. The van der Waals surface area contributed by atoms with Crippen LogP contribution in [0.15, 0.2) is 48.6 Å². The maximum absolute atomic E-state index is 5.96. The van der Waals surface area contributed by atoms with Crippen LogP contribution in [0.3, 0.4) is 0 Å². The normalized spacial score (nSPS) is 19.1. The third-order valence-corrected chi connectivity index (χ3v) is 2.77. The highest BCUT2D eigenvalue weighted by Gasteiger charge is 2.21. The molecule has 0 unspecified atom stereocenters. The molecule has 72 valence electrons. The van der Waals surface area contributed by atoms with Crippen molar-refractivity contribution in [2.75, 3.05) is 0 Å². The maximum atomic E-state index is 5.96. The van der Waals surface area contributed by atoms with Crippen molar-refractivity contribution in [1.29, 1.82) is 0 Å². The van der Waals surface area contributed by atoms with Crippen molar-refractivity contribution in [1.82, 2.24) is 0 Å². The summed E-state index contributed by atoms with van der Waals surface area (Å²) in [5.41, 5.74) is 2.38. The second-order valence-corrected chi connectivity index (χ2v) is 4.87. The summed E-state index contributed by atoms with van der Waals surface area (Å²) in [5, 5.41) is 0. The van der Waals surface area contributed by atoms with Crippen LogP contribution in [0, 0.1) is 0 Å². The van der Waals surface area contributed by atoms with Crippen molar-refractivity contribution in [2.24, 2.45) is 0 Å². The Morgan fingerprint density at radius 2 is 1.79 bits per heavy atom. The highest BCUT2D eigenvalue weighted by Crippen LogP contribution is 2.34. The van der Waals surface area contributed by atoms with Crippen LogP contribution >= 0.6 is 23.2 Å². The molecule has 1 aliphatic rings. The molecule has 0 radical (unpaired) electrons. The summed E-state index contributed by atoms with van der Waals surface area (Å²) < 4.78 is -0.724. The van der Waals surface area contributed by atoms with E-state index in [0.717, 1.165) is 0 Å². The molecule has 0 atom stereocenters. The Morgan fingerprint density at radius 1 is 1.07 bits per heavy atom. The Labute approximate surface area is 93.8 Å². The molecule has 0 aromatic heterocycles. The van der Waals surface area contributed by atoms with Crippen LogP contribution < -0.4 is 0 Å². The van der Waals surface area contributed by atoms with Gasteiger partial charge in [-0.3, -0.25) is 0 Å². The van der Waals surface area contributed by atoms with Gasteiger partial charge in [-0.25, -0.2) is 0 Å². The minimum absolute atomic E-state index is 0.664. The van der Waals surface area contributed by atoms with Gasteiger partial charge in [0.25, 0.3) is 0 Å². The van der Waals surface area contributed by atoms with E-state index in [9.17, 15) is 0 Å². The molecule has 0 fully saturated rings. The lowest BCUT2D eigenvalue weighted by molar-refractivity contribution is 0.965. The van der Waals surface area contributed by atoms with Gasteiger partial charge >= 0.3 is 0 Å². The first kappa shape index (κ1) is 9.82. The van der Waals surface area contributed by atoms with E-state index in [1.807, 2.05) is 30.4 Å². The molecule has 0 amide bonds. The fourth-order valence-electron chi connectivity index (χ4n) is 1.44. The molecule has 1 aliphatic carbocycles. The molecular weight excluding hydrogens is 215 g/mol. The average Bonchev–Trinajstić information content (AvgIpc) is 2.19. The zero-order valence-corrected chi connectivity index (χ0v) is 9.09. The first-order valence-electron chi connectivity index (χ1n) is 4.50. The van der Waals surface area contributed by atoms with Gasteiger partial charge in [0, 0.05) is 6.42 Å². The lowest BCUT2D eigenvalue weighted by atomic mass is 9.99. The monoisotopic (exact) mass is 224 g/mol. The van der Waals surface area contributed by atoms with Crippen LogP contribution in [-0.2, 0) is 0 Å². The maximum Gasteiger partial charge on any atom is 0.140 e. The van der Waals surface area contributed by atoms with E-state index in [2.05, 4.69) is 18.2 Å². The van der Waals surface area contributed by atoms with E-state index >= 15 is 0 Å². The summed E-state index contributed by atoms with van der Waals surface area (Å²) >= 11 is 11.9. The van der Waals surface area contributed by atoms with Gasteiger partial charge in [0.05, 0.1) is 0 Å². The van der Waals surface area contributed by atoms with Gasteiger partial charge in [0.1, 0.15) is 4.33 Å². The largest absolute Gasteiger partial charge is 0.140 e. The van der Waals surface area contributed by atoms with E-state index in [1.165, 1.54) is 11.1 Å². The van der Waals surface area contributed by atoms with Crippen molar-refractivity contribution >= 4 is 28.8 Å². The van der Waals surface area contributed by atoms with E-state index in [-0.39, 0.29) is 0 Å². The average molecular weight is 225 g/mol. The second kappa shape index (κ2) is 3.80. The van der Waals surface area contributed by atoms with E-state index < -0.39 is 4.33 Å². The summed E-state index contributed by atoms with van der Waals surface area (Å²) in [4.78, 5) is 0. The minimum atomic E-state index is -0.724. The number of rotatable bonds is 1. The molecule has 0 nitrogen and oxygen atoms in total. The molecule has 2 rings (SSSR count). The number of benzene rings is 1. The molecule has 0 heterocycles. The predicted octanol–water partition coefficient (Wildman–Crippen LogP) is 4.20. The van der Waals surface area contributed by atoms with Crippen molar-refractivity contribution in [3.05, 3.63) is 54.1 Å². The fraction of sp³-hybridized carbons (Fsp3) is 0.167. The van der Waals surface area contributed by atoms with E-state index in [1.54, 1.807) is 0 Å². The molecule has 0 saturated carbocycles. The van der Waals surface area contributed by atoms with Crippen molar-refractivity contribution in [3.8, 4) is 0 Å². The minimum Gasteiger partial charge on any atom is -0.0966 e. The Bertz CT molecular complexity index is 375. The van der Waals surface area contributed by atoms with Crippen molar-refractivity contribution in [3.63, 3.8) is 0 Å². The van der Waals surface area contributed by atoms with Crippen LogP contribution in [-0.4, -0.2) is 4.33 Å². The Morgan fingerprint density at radius 3 is 2.36 bits per heavy atom. The van der Waals surface area contributed by atoms with Crippen LogP contribution in [0.25, 0.3) is 5.57 Å². The third kappa shape index (κ3) is 2.20. The lowest BCUT2D eigenvalue weighted by Crippen LogP contribution is -2.09. The summed E-state index contributed by atoms with van der Waals surface area (Å²) in [7, 11) is 0. The van der Waals surface area contributed by atoms with E-state index in [0.29, 0.717) is 6.42 Å². The summed E-state index contributed by atoms with van der Waals surface area (Å²) in [6.45, 7) is 0. The third-order valence-electron chi connectivity index (χ3n) is 2.21. The summed E-state index contributed by atoms with van der Waals surface area (Å²) in [6.07, 6.45) is 6.53. The number of alkyl halides is 2. The van der Waals surface area contributed by atoms with Crippen molar-refractivity contribution in [2.45, 2.75) is 10.8 Å². The number of hydrogen-bond donors (Lipinski definition) is 0. The van der Waals surface area contributed by atoms with Gasteiger partial charge in [0.15, 0.2) is 0 Å². The molecular formula is C12H10Cl2. The van der Waals surface area contributed by atoms with Crippen LogP contribution in [0.5, 0.6) is 0 Å². The van der Waals surface area contributed by atoms with Crippen LogP contribution in [0.1, 0.15) is 12.0 Å². The summed E-state index contributed by atoms with van der Waals surface area (Å²) in [6, 6.07) is 10.2. The molecule has 0 N–H and O–H groups in total. The first-order valence-corrected chi connectivity index (χ1v) is 5.26. The number of halogens is 2. The molecule has 2 heteroatoms. The van der Waals surface area contributed by atoms with E-state index in [4.69, 9.17) is 23.2 Å². The van der Waals surface area contributed by atoms with Crippen LogP contribution in [0.2, 0.25) is 0 Å². The SMILES string of the molecule is ClC1(Cl)C=CC(c2ccccc2)=CC1. The van der Waals surface area contributed by atoms with Gasteiger partial charge < -0.3 is 0 Å². The second-order valence-electron chi connectivity index (χ2n) is 3.32. The fourth-order valence-corrected chi connectivity index (χ4v) is 1.72. The smallest absolute Gasteiger partial charge is 0.0966 e. The molecule has 0 saturated heterocycles. The first-order chi connectivity index (χ1) is 6.67. The Balaban J connectivity index is 2.25. The predicted molar refractivity (Wildman–Crippen MR) is 62.6 cm³/mol. The molecule has 0 bridgehead atoms. The topological polar surface area (TPSA) is 0 Å². The van der Waals surface area contributed by atoms with Gasteiger partial charge in [-0.1, -0.05) is 65.7 Å². The standard InChI is InChI=1S/C12H10Cl2/c13-12(14)8-6-11(7-9-12)10-4-2-1-3-5-10/h1-8H,9H2. The van der Waals surface area contributed by atoms with Gasteiger partial charge in [0.2, 0.25) is 0 Å². The van der Waals surface area contributed by atoms with Crippen LogP contribution in [0.4, 0.5) is 0 Å². The lowest BCUT2D eigenvalue weighted by Gasteiger charge is -2.17. The van der Waals surface area contributed by atoms with Gasteiger partial charge in [-0.15, -0.1) is 0 Å². The molecule has 14 heavy (non-hydrogen) atoms. The van der Waals surface area contributed by atoms with Gasteiger partial charge in [-0.05, 0) is 17.2 Å². The van der Waals surface area contributed by atoms with Crippen molar-refractivity contribution < 1.29 is 0 Å². The number of hydrogen-bond acceptors (Lipinski definition) is 0. The van der Waals surface area contributed by atoms with Gasteiger partial charge in [-0.2, -0.15) is 0 Å². The zero-order chi connectivity index (χ0) is 10.0. The molecule has 1 aromatic rings. The molecule has 0 spiro atoms. The number of allylic oxidation sites excluding steroid dienone is 4. The highest BCUT2D eigenvalue weighted by molar-refractivity contribution is 6.50. The summed E-state index contributed by atoms with van der Waals surface area (Å²) in [5.74, 6) is 0. The Hall–Kier alpha value is -0.720. The quantitative estimate of drug-likeness (QED) is 0.628. The molecule has 1 aromatic carbocycles. The Kier molecular flexibility index (Phi) is 2.66.